The molecule has 2 saturated heterocycles. The van der Waals surface area contributed by atoms with Gasteiger partial charge in [0, 0.05) is 19.0 Å². The Hall–Kier alpha value is -0.610. The fourth-order valence-corrected chi connectivity index (χ4v) is 2.68. The van der Waals surface area contributed by atoms with Gasteiger partial charge < -0.3 is 15.0 Å². The Morgan fingerprint density at radius 3 is 2.94 bits per heavy atom. The molecule has 0 saturated carbocycles. The molecule has 2 heterocycles. The highest BCUT2D eigenvalue weighted by molar-refractivity contribution is 5.77. The maximum Gasteiger partial charge on any atom is 0.224 e. The third kappa shape index (κ3) is 3.42. The van der Waals surface area contributed by atoms with E-state index in [0.717, 1.165) is 19.5 Å². The molecule has 0 aliphatic carbocycles. The lowest BCUT2D eigenvalue weighted by atomic mass is 10.0. The summed E-state index contributed by atoms with van der Waals surface area (Å²) >= 11 is 0. The van der Waals surface area contributed by atoms with Gasteiger partial charge in [-0.2, -0.15) is 0 Å². The molecule has 0 bridgehead atoms. The molecule has 17 heavy (non-hydrogen) atoms. The van der Waals surface area contributed by atoms with Crippen LogP contribution in [-0.2, 0) is 9.53 Å². The van der Waals surface area contributed by atoms with Crippen LogP contribution in [0.25, 0.3) is 0 Å². The largest absolute Gasteiger partial charge is 0.375 e. The minimum Gasteiger partial charge on any atom is -0.375 e. The number of morpholine rings is 1. The summed E-state index contributed by atoms with van der Waals surface area (Å²) in [6.07, 6.45) is 4.46. The molecule has 0 aromatic rings. The van der Waals surface area contributed by atoms with Crippen molar-refractivity contribution in [2.75, 3.05) is 19.7 Å². The number of amides is 1. The fourth-order valence-electron chi connectivity index (χ4n) is 2.68. The smallest absolute Gasteiger partial charge is 0.224 e. The van der Waals surface area contributed by atoms with Crippen molar-refractivity contribution >= 4 is 5.91 Å². The van der Waals surface area contributed by atoms with E-state index < -0.39 is 0 Å². The van der Waals surface area contributed by atoms with E-state index in [1.165, 1.54) is 12.8 Å². The lowest BCUT2D eigenvalue weighted by molar-refractivity contribution is -0.143. The first-order valence-corrected chi connectivity index (χ1v) is 6.81. The monoisotopic (exact) mass is 240 g/mol. The van der Waals surface area contributed by atoms with Gasteiger partial charge in [-0.3, -0.25) is 4.79 Å². The number of nitrogens with one attached hydrogen (secondary N) is 1. The van der Waals surface area contributed by atoms with E-state index >= 15 is 0 Å². The van der Waals surface area contributed by atoms with Crippen LogP contribution in [0.2, 0.25) is 0 Å². The number of ether oxygens (including phenoxy) is 1. The van der Waals surface area contributed by atoms with Crippen molar-refractivity contribution in [1.82, 2.24) is 10.2 Å². The molecule has 0 aromatic carbocycles. The maximum atomic E-state index is 12.3. The predicted molar refractivity (Wildman–Crippen MR) is 66.8 cm³/mol. The van der Waals surface area contributed by atoms with Crippen molar-refractivity contribution in [3.8, 4) is 0 Å². The Labute approximate surface area is 104 Å². The number of carbonyl (C=O) groups is 1. The predicted octanol–water partition coefficient (Wildman–Crippen LogP) is 1.15. The van der Waals surface area contributed by atoms with Crippen molar-refractivity contribution in [1.29, 1.82) is 0 Å². The Morgan fingerprint density at radius 1 is 1.41 bits per heavy atom. The zero-order chi connectivity index (χ0) is 12.3. The quantitative estimate of drug-likeness (QED) is 0.787. The van der Waals surface area contributed by atoms with Crippen LogP contribution in [0.4, 0.5) is 0 Å². The average Bonchev–Trinajstić information content (AvgIpc) is 2.33. The van der Waals surface area contributed by atoms with Crippen molar-refractivity contribution in [2.45, 2.75) is 57.7 Å². The van der Waals surface area contributed by atoms with Crippen LogP contribution < -0.4 is 5.32 Å². The first kappa shape index (κ1) is 12.8. The summed E-state index contributed by atoms with van der Waals surface area (Å²) in [4.78, 5) is 14.2. The standard InChI is InChI=1S/C13H24N2O2/c1-10-9-17-11(2)8-15(10)13(16)7-12-5-3-4-6-14-12/h10-12,14H,3-9H2,1-2H3. The van der Waals surface area contributed by atoms with Gasteiger partial charge in [-0.15, -0.1) is 0 Å². The normalized spacial score (nSPS) is 34.7. The number of carbonyl (C=O) groups excluding carboxylic acids is 1. The molecule has 0 spiro atoms. The summed E-state index contributed by atoms with van der Waals surface area (Å²) in [6, 6.07) is 0.615. The summed E-state index contributed by atoms with van der Waals surface area (Å²) in [5, 5.41) is 3.44. The van der Waals surface area contributed by atoms with Crippen molar-refractivity contribution in [3.63, 3.8) is 0 Å². The zero-order valence-electron chi connectivity index (χ0n) is 10.9. The van der Waals surface area contributed by atoms with Gasteiger partial charge in [0.25, 0.3) is 0 Å². The highest BCUT2D eigenvalue weighted by Crippen LogP contribution is 2.16. The highest BCUT2D eigenvalue weighted by atomic mass is 16.5. The van der Waals surface area contributed by atoms with Crippen LogP contribution >= 0.6 is 0 Å². The molecular formula is C13H24N2O2. The second kappa shape index (κ2) is 5.83. The van der Waals surface area contributed by atoms with Crippen LogP contribution in [0.15, 0.2) is 0 Å². The highest BCUT2D eigenvalue weighted by Gasteiger charge is 2.29. The maximum absolute atomic E-state index is 12.3. The summed E-state index contributed by atoms with van der Waals surface area (Å²) in [6.45, 7) is 6.58. The van der Waals surface area contributed by atoms with E-state index in [1.807, 2.05) is 11.8 Å². The summed E-state index contributed by atoms with van der Waals surface area (Å²) in [5.41, 5.74) is 0. The van der Waals surface area contributed by atoms with E-state index in [2.05, 4.69) is 12.2 Å². The average molecular weight is 240 g/mol. The summed E-state index contributed by atoms with van der Waals surface area (Å²) in [7, 11) is 0. The third-order valence-corrected chi connectivity index (χ3v) is 3.76. The molecule has 3 unspecified atom stereocenters. The summed E-state index contributed by atoms with van der Waals surface area (Å²) in [5.74, 6) is 0.284. The lowest BCUT2D eigenvalue weighted by Crippen LogP contribution is -2.51. The molecule has 2 aliphatic heterocycles. The van der Waals surface area contributed by atoms with Crippen LogP contribution in [0.3, 0.4) is 0 Å². The van der Waals surface area contributed by atoms with Crippen molar-refractivity contribution < 1.29 is 9.53 Å². The van der Waals surface area contributed by atoms with Crippen LogP contribution in [0.5, 0.6) is 0 Å². The van der Waals surface area contributed by atoms with Gasteiger partial charge in [0.1, 0.15) is 0 Å². The molecule has 0 radical (unpaired) electrons. The zero-order valence-corrected chi connectivity index (χ0v) is 10.9. The minimum absolute atomic E-state index is 0.175. The van der Waals surface area contributed by atoms with E-state index in [0.29, 0.717) is 19.1 Å². The summed E-state index contributed by atoms with van der Waals surface area (Å²) < 4.78 is 5.55. The topological polar surface area (TPSA) is 41.6 Å². The Kier molecular flexibility index (Phi) is 4.40. The van der Waals surface area contributed by atoms with Crippen LogP contribution in [0.1, 0.15) is 39.5 Å². The van der Waals surface area contributed by atoms with Crippen LogP contribution in [-0.4, -0.2) is 48.7 Å². The van der Waals surface area contributed by atoms with Crippen molar-refractivity contribution in [3.05, 3.63) is 0 Å². The second-order valence-corrected chi connectivity index (χ2v) is 5.39. The molecule has 0 aromatic heterocycles. The molecule has 4 heteroatoms. The number of rotatable bonds is 2. The van der Waals surface area contributed by atoms with E-state index in [9.17, 15) is 4.79 Å². The van der Waals surface area contributed by atoms with Gasteiger partial charge >= 0.3 is 0 Å². The molecule has 2 rings (SSSR count). The van der Waals surface area contributed by atoms with Gasteiger partial charge in [-0.05, 0) is 33.2 Å². The second-order valence-electron chi connectivity index (χ2n) is 5.39. The molecule has 1 N–H and O–H groups in total. The number of hydrogen-bond donors (Lipinski definition) is 1. The molecule has 4 nitrogen and oxygen atoms in total. The van der Waals surface area contributed by atoms with Gasteiger partial charge in [0.15, 0.2) is 0 Å². The first-order chi connectivity index (χ1) is 8.16. The molecule has 1 amide bonds. The Balaban J connectivity index is 1.85. The lowest BCUT2D eigenvalue weighted by Gasteiger charge is -2.38. The molecule has 2 aliphatic rings. The van der Waals surface area contributed by atoms with Gasteiger partial charge in [0.2, 0.25) is 5.91 Å². The molecule has 3 atom stereocenters. The number of piperidine rings is 1. The van der Waals surface area contributed by atoms with Crippen molar-refractivity contribution in [2.24, 2.45) is 0 Å². The molecule has 98 valence electrons. The van der Waals surface area contributed by atoms with E-state index in [-0.39, 0.29) is 18.1 Å². The minimum atomic E-state index is 0.175. The van der Waals surface area contributed by atoms with Gasteiger partial charge in [0.05, 0.1) is 18.8 Å². The Morgan fingerprint density at radius 2 is 2.24 bits per heavy atom. The fraction of sp³-hybridized carbons (Fsp3) is 0.923. The first-order valence-electron chi connectivity index (χ1n) is 6.81. The third-order valence-electron chi connectivity index (χ3n) is 3.76. The molecule has 2 fully saturated rings. The molecular weight excluding hydrogens is 216 g/mol. The van der Waals surface area contributed by atoms with E-state index in [4.69, 9.17) is 4.74 Å². The van der Waals surface area contributed by atoms with Gasteiger partial charge in [-0.1, -0.05) is 6.42 Å². The van der Waals surface area contributed by atoms with E-state index in [1.54, 1.807) is 0 Å². The number of nitrogens with zero attached hydrogens (tertiary/aromatic N) is 1. The van der Waals surface area contributed by atoms with Gasteiger partial charge in [-0.25, -0.2) is 0 Å². The SMILES string of the molecule is CC1CN(C(=O)CC2CCCCN2)C(C)CO1. The number of hydrogen-bond acceptors (Lipinski definition) is 3. The van der Waals surface area contributed by atoms with Crippen LogP contribution in [0, 0.1) is 0 Å². The Bertz CT molecular complexity index is 264.